The molecule has 1 aromatic rings. The smallest absolute Gasteiger partial charge is 0.313 e. The van der Waals surface area contributed by atoms with Gasteiger partial charge >= 0.3 is 5.69 Å². The first-order valence-corrected chi connectivity index (χ1v) is 5.91. The summed E-state index contributed by atoms with van der Waals surface area (Å²) in [4.78, 5) is 10.7. The van der Waals surface area contributed by atoms with Gasteiger partial charge in [-0.1, -0.05) is 13.8 Å². The molecule has 1 heterocycles. The molecule has 0 aliphatic carbocycles. The van der Waals surface area contributed by atoms with Crippen LogP contribution in [0.5, 0.6) is 0 Å². The minimum atomic E-state index is -0.358. The van der Waals surface area contributed by atoms with Crippen molar-refractivity contribution in [1.82, 2.24) is 9.78 Å². The third-order valence-corrected chi connectivity index (χ3v) is 3.16. The Labute approximate surface area is 101 Å². The van der Waals surface area contributed by atoms with Crippen LogP contribution in [0.3, 0.4) is 0 Å². The monoisotopic (exact) mass is 240 g/mol. The van der Waals surface area contributed by atoms with Gasteiger partial charge in [-0.05, 0) is 20.3 Å². The highest BCUT2D eigenvalue weighted by atomic mass is 16.6. The van der Waals surface area contributed by atoms with Gasteiger partial charge in [-0.3, -0.25) is 14.8 Å². The molecule has 6 nitrogen and oxygen atoms in total. The number of nitrogens with two attached hydrogens (primary N) is 1. The average Bonchev–Trinajstić information content (AvgIpc) is 2.63. The van der Waals surface area contributed by atoms with Crippen LogP contribution in [0.2, 0.25) is 0 Å². The summed E-state index contributed by atoms with van der Waals surface area (Å²) in [6.45, 7) is 8.10. The zero-order chi connectivity index (χ0) is 13.2. The van der Waals surface area contributed by atoms with Crippen molar-refractivity contribution in [3.63, 3.8) is 0 Å². The predicted octanol–water partition coefficient (Wildman–Crippen LogP) is 1.96. The summed E-state index contributed by atoms with van der Waals surface area (Å²) < 4.78 is 1.69. The van der Waals surface area contributed by atoms with E-state index in [2.05, 4.69) is 5.10 Å². The number of aryl methyl sites for hydroxylation is 2. The van der Waals surface area contributed by atoms with Crippen molar-refractivity contribution in [3.8, 4) is 0 Å². The highest BCUT2D eigenvalue weighted by Crippen LogP contribution is 2.31. The summed E-state index contributed by atoms with van der Waals surface area (Å²) in [7, 11) is 0. The van der Waals surface area contributed by atoms with E-state index in [0.717, 1.165) is 6.42 Å². The average molecular weight is 240 g/mol. The lowest BCUT2D eigenvalue weighted by Gasteiger charge is -2.18. The van der Waals surface area contributed by atoms with Gasteiger partial charge in [-0.15, -0.1) is 0 Å². The molecule has 0 spiro atoms. The van der Waals surface area contributed by atoms with Crippen molar-refractivity contribution in [2.45, 2.75) is 52.6 Å². The van der Waals surface area contributed by atoms with Crippen LogP contribution in [0.1, 0.15) is 44.5 Å². The molecule has 2 atom stereocenters. The molecule has 0 radical (unpaired) electrons. The summed E-state index contributed by atoms with van der Waals surface area (Å²) >= 11 is 0. The topological polar surface area (TPSA) is 87.0 Å². The summed E-state index contributed by atoms with van der Waals surface area (Å²) in [5, 5.41) is 15.3. The van der Waals surface area contributed by atoms with Gasteiger partial charge in [0.25, 0.3) is 0 Å². The zero-order valence-corrected chi connectivity index (χ0v) is 10.8. The molecule has 0 aliphatic heterocycles. The highest BCUT2D eigenvalue weighted by Gasteiger charge is 2.30. The predicted molar refractivity (Wildman–Crippen MR) is 66.0 cm³/mol. The van der Waals surface area contributed by atoms with Crippen LogP contribution in [0.4, 0.5) is 5.69 Å². The minimum Gasteiger partial charge on any atom is -0.327 e. The SMILES string of the molecule is CCC(N)C(C)c1c([N+](=O)[O-])c(C)nn1CC. The Bertz CT molecular complexity index is 414. The maximum Gasteiger partial charge on any atom is 0.313 e. The zero-order valence-electron chi connectivity index (χ0n) is 10.8. The van der Waals surface area contributed by atoms with E-state index in [9.17, 15) is 10.1 Å². The second-order valence-electron chi connectivity index (χ2n) is 4.25. The van der Waals surface area contributed by atoms with Gasteiger partial charge in [-0.2, -0.15) is 5.10 Å². The number of hydrogen-bond donors (Lipinski definition) is 1. The van der Waals surface area contributed by atoms with Crippen molar-refractivity contribution in [1.29, 1.82) is 0 Å². The molecule has 0 fully saturated rings. The van der Waals surface area contributed by atoms with Gasteiger partial charge in [-0.25, -0.2) is 0 Å². The summed E-state index contributed by atoms with van der Waals surface area (Å²) in [5.74, 6) is -0.0680. The third-order valence-electron chi connectivity index (χ3n) is 3.16. The first-order valence-electron chi connectivity index (χ1n) is 5.91. The molecule has 0 amide bonds. The van der Waals surface area contributed by atoms with Crippen LogP contribution < -0.4 is 5.73 Å². The Balaban J connectivity index is 3.32. The fourth-order valence-electron chi connectivity index (χ4n) is 2.06. The molecule has 0 saturated heterocycles. The van der Waals surface area contributed by atoms with Crippen molar-refractivity contribution in [3.05, 3.63) is 21.5 Å². The van der Waals surface area contributed by atoms with Crippen molar-refractivity contribution >= 4 is 5.69 Å². The first-order chi connectivity index (χ1) is 7.93. The number of aromatic nitrogens is 2. The first kappa shape index (κ1) is 13.6. The Morgan fingerprint density at radius 1 is 1.53 bits per heavy atom. The molecule has 0 bridgehead atoms. The van der Waals surface area contributed by atoms with E-state index >= 15 is 0 Å². The molecule has 0 aliphatic rings. The second kappa shape index (κ2) is 5.27. The molecule has 17 heavy (non-hydrogen) atoms. The van der Waals surface area contributed by atoms with Gasteiger partial charge in [0.2, 0.25) is 0 Å². The molecule has 2 unspecified atom stereocenters. The van der Waals surface area contributed by atoms with Gasteiger partial charge < -0.3 is 5.73 Å². The van der Waals surface area contributed by atoms with E-state index in [4.69, 9.17) is 5.73 Å². The Hall–Kier alpha value is -1.43. The van der Waals surface area contributed by atoms with E-state index in [1.54, 1.807) is 11.6 Å². The van der Waals surface area contributed by atoms with E-state index in [1.165, 1.54) is 0 Å². The Morgan fingerprint density at radius 2 is 2.12 bits per heavy atom. The summed E-state index contributed by atoms with van der Waals surface area (Å²) in [6.07, 6.45) is 0.784. The van der Waals surface area contributed by atoms with Crippen LogP contribution in [-0.2, 0) is 6.54 Å². The van der Waals surface area contributed by atoms with Gasteiger partial charge in [0.1, 0.15) is 11.4 Å². The largest absolute Gasteiger partial charge is 0.327 e. The molecular formula is C11H20N4O2. The van der Waals surface area contributed by atoms with Gasteiger partial charge in [0.05, 0.1) is 4.92 Å². The van der Waals surface area contributed by atoms with Crippen molar-refractivity contribution in [2.75, 3.05) is 0 Å². The Kier molecular flexibility index (Phi) is 4.22. The van der Waals surface area contributed by atoms with Gasteiger partial charge in [0.15, 0.2) is 0 Å². The lowest BCUT2D eigenvalue weighted by Crippen LogP contribution is -2.27. The summed E-state index contributed by atoms with van der Waals surface area (Å²) in [5.41, 5.74) is 7.20. The normalized spacial score (nSPS) is 14.6. The number of nitrogens with zero attached hydrogens (tertiary/aromatic N) is 3. The molecule has 96 valence electrons. The van der Waals surface area contributed by atoms with Crippen LogP contribution in [0.25, 0.3) is 0 Å². The lowest BCUT2D eigenvalue weighted by atomic mass is 9.95. The second-order valence-corrected chi connectivity index (χ2v) is 4.25. The fourth-order valence-corrected chi connectivity index (χ4v) is 2.06. The maximum atomic E-state index is 11.1. The van der Waals surface area contributed by atoms with Gasteiger partial charge in [0, 0.05) is 18.5 Å². The van der Waals surface area contributed by atoms with Crippen molar-refractivity contribution in [2.24, 2.45) is 5.73 Å². The van der Waals surface area contributed by atoms with Crippen LogP contribution in [0, 0.1) is 17.0 Å². The highest BCUT2D eigenvalue weighted by molar-refractivity contribution is 5.43. The quantitative estimate of drug-likeness (QED) is 0.629. The van der Waals surface area contributed by atoms with Crippen LogP contribution >= 0.6 is 0 Å². The van der Waals surface area contributed by atoms with E-state index < -0.39 is 0 Å². The number of rotatable bonds is 5. The van der Waals surface area contributed by atoms with E-state index in [-0.39, 0.29) is 22.6 Å². The molecule has 2 N–H and O–H groups in total. The van der Waals surface area contributed by atoms with E-state index in [1.807, 2.05) is 20.8 Å². The molecular weight excluding hydrogens is 220 g/mol. The molecule has 6 heteroatoms. The minimum absolute atomic E-state index is 0.0680. The lowest BCUT2D eigenvalue weighted by molar-refractivity contribution is -0.386. The van der Waals surface area contributed by atoms with E-state index in [0.29, 0.717) is 17.9 Å². The Morgan fingerprint density at radius 3 is 2.53 bits per heavy atom. The number of nitro groups is 1. The standard InChI is InChI=1S/C11H20N4O2/c1-5-9(12)7(3)10-11(15(16)17)8(4)13-14(10)6-2/h7,9H,5-6,12H2,1-4H3. The molecule has 0 saturated carbocycles. The molecule has 0 aromatic carbocycles. The fraction of sp³-hybridized carbons (Fsp3) is 0.727. The van der Waals surface area contributed by atoms with Crippen LogP contribution in [0.15, 0.2) is 0 Å². The summed E-state index contributed by atoms with van der Waals surface area (Å²) in [6, 6.07) is -0.0879. The molecule has 1 aromatic heterocycles. The number of hydrogen-bond acceptors (Lipinski definition) is 4. The molecule has 1 rings (SSSR count). The van der Waals surface area contributed by atoms with Crippen LogP contribution in [-0.4, -0.2) is 20.7 Å². The van der Waals surface area contributed by atoms with Crippen molar-refractivity contribution < 1.29 is 4.92 Å². The maximum absolute atomic E-state index is 11.1. The third kappa shape index (κ3) is 2.46.